The molecule has 0 radical (unpaired) electrons. The molecule has 0 bridgehead atoms. The SMILES string of the molecule is NCC#Cc1csc(COCC2CCCCO2)c1. The van der Waals surface area contributed by atoms with Crippen LogP contribution in [0.3, 0.4) is 0 Å². The fourth-order valence-corrected chi connectivity index (χ4v) is 2.66. The Bertz CT molecular complexity index is 413. The van der Waals surface area contributed by atoms with Crippen LogP contribution < -0.4 is 5.73 Å². The molecule has 18 heavy (non-hydrogen) atoms. The second-order valence-corrected chi connectivity index (χ2v) is 5.31. The van der Waals surface area contributed by atoms with Crippen molar-refractivity contribution in [3.63, 3.8) is 0 Å². The van der Waals surface area contributed by atoms with Crippen molar-refractivity contribution in [2.75, 3.05) is 19.8 Å². The fraction of sp³-hybridized carbons (Fsp3) is 0.571. The normalized spacial score (nSPS) is 19.3. The minimum absolute atomic E-state index is 0.287. The summed E-state index contributed by atoms with van der Waals surface area (Å²) in [6.07, 6.45) is 3.85. The Labute approximate surface area is 112 Å². The van der Waals surface area contributed by atoms with Gasteiger partial charge in [-0.15, -0.1) is 11.3 Å². The van der Waals surface area contributed by atoms with Crippen LogP contribution in [0.2, 0.25) is 0 Å². The van der Waals surface area contributed by atoms with Gasteiger partial charge in [0.05, 0.1) is 25.9 Å². The number of hydrogen-bond donors (Lipinski definition) is 1. The van der Waals surface area contributed by atoms with Crippen molar-refractivity contribution in [1.29, 1.82) is 0 Å². The molecule has 1 aromatic heterocycles. The Morgan fingerprint density at radius 2 is 2.44 bits per heavy atom. The Kier molecular flexibility index (Phi) is 5.69. The van der Waals surface area contributed by atoms with Crippen molar-refractivity contribution in [2.24, 2.45) is 5.73 Å². The van der Waals surface area contributed by atoms with Gasteiger partial charge in [-0.05, 0) is 25.3 Å². The van der Waals surface area contributed by atoms with Crippen molar-refractivity contribution in [2.45, 2.75) is 32.0 Å². The lowest BCUT2D eigenvalue weighted by molar-refractivity contribution is -0.0443. The third kappa shape index (κ3) is 4.43. The molecule has 1 fully saturated rings. The molecule has 1 saturated heterocycles. The highest BCUT2D eigenvalue weighted by Crippen LogP contribution is 2.17. The molecule has 98 valence electrons. The van der Waals surface area contributed by atoms with E-state index < -0.39 is 0 Å². The maximum absolute atomic E-state index is 5.69. The van der Waals surface area contributed by atoms with Crippen molar-refractivity contribution >= 4 is 11.3 Å². The largest absolute Gasteiger partial charge is 0.376 e. The van der Waals surface area contributed by atoms with Gasteiger partial charge < -0.3 is 15.2 Å². The molecule has 0 aliphatic carbocycles. The zero-order valence-electron chi connectivity index (χ0n) is 10.5. The van der Waals surface area contributed by atoms with Gasteiger partial charge in [0.15, 0.2) is 0 Å². The van der Waals surface area contributed by atoms with Gasteiger partial charge in [0.1, 0.15) is 0 Å². The van der Waals surface area contributed by atoms with E-state index in [-0.39, 0.29) is 6.10 Å². The summed E-state index contributed by atoms with van der Waals surface area (Å²) in [4.78, 5) is 1.20. The molecule has 0 amide bonds. The van der Waals surface area contributed by atoms with Crippen molar-refractivity contribution in [3.05, 3.63) is 21.9 Å². The second-order valence-electron chi connectivity index (χ2n) is 4.31. The first-order valence-electron chi connectivity index (χ1n) is 6.34. The predicted molar refractivity (Wildman–Crippen MR) is 73.5 cm³/mol. The highest BCUT2D eigenvalue weighted by Gasteiger charge is 2.13. The van der Waals surface area contributed by atoms with Crippen LogP contribution >= 0.6 is 11.3 Å². The summed E-state index contributed by atoms with van der Waals surface area (Å²) in [7, 11) is 0. The second kappa shape index (κ2) is 7.55. The molecule has 3 nitrogen and oxygen atoms in total. The number of ether oxygens (including phenoxy) is 2. The van der Waals surface area contributed by atoms with E-state index in [1.165, 1.54) is 17.7 Å². The zero-order valence-corrected chi connectivity index (χ0v) is 11.3. The van der Waals surface area contributed by atoms with Gasteiger partial charge in [-0.2, -0.15) is 0 Å². The number of hydrogen-bond acceptors (Lipinski definition) is 4. The smallest absolute Gasteiger partial charge is 0.0811 e. The van der Waals surface area contributed by atoms with E-state index in [1.54, 1.807) is 11.3 Å². The van der Waals surface area contributed by atoms with E-state index in [9.17, 15) is 0 Å². The monoisotopic (exact) mass is 265 g/mol. The van der Waals surface area contributed by atoms with E-state index in [0.717, 1.165) is 18.6 Å². The molecule has 0 aromatic carbocycles. The molecule has 2 rings (SSSR count). The first-order chi connectivity index (χ1) is 8.88. The van der Waals surface area contributed by atoms with Gasteiger partial charge >= 0.3 is 0 Å². The summed E-state index contributed by atoms with van der Waals surface area (Å²) < 4.78 is 11.3. The molecule has 4 heteroatoms. The topological polar surface area (TPSA) is 44.5 Å². The van der Waals surface area contributed by atoms with Gasteiger partial charge in [-0.1, -0.05) is 11.8 Å². The summed E-state index contributed by atoms with van der Waals surface area (Å²) in [5.41, 5.74) is 6.36. The van der Waals surface area contributed by atoms with Crippen LogP contribution in [0.15, 0.2) is 11.4 Å². The van der Waals surface area contributed by atoms with E-state index in [2.05, 4.69) is 17.9 Å². The fourth-order valence-electron chi connectivity index (χ4n) is 1.90. The highest BCUT2D eigenvalue weighted by atomic mass is 32.1. The van der Waals surface area contributed by atoms with Crippen LogP contribution in [0.5, 0.6) is 0 Å². The average molecular weight is 265 g/mol. The van der Waals surface area contributed by atoms with E-state index >= 15 is 0 Å². The van der Waals surface area contributed by atoms with Crippen LogP contribution in [0, 0.1) is 11.8 Å². The van der Waals surface area contributed by atoms with Gasteiger partial charge in [0, 0.05) is 22.4 Å². The van der Waals surface area contributed by atoms with E-state index in [4.69, 9.17) is 15.2 Å². The molecular formula is C14H19NO2S. The van der Waals surface area contributed by atoms with Crippen LogP contribution in [0.25, 0.3) is 0 Å². The van der Waals surface area contributed by atoms with Gasteiger partial charge in [-0.25, -0.2) is 0 Å². The molecular weight excluding hydrogens is 246 g/mol. The summed E-state index contributed by atoms with van der Waals surface area (Å²) in [5, 5.41) is 2.04. The van der Waals surface area contributed by atoms with Gasteiger partial charge in [-0.3, -0.25) is 0 Å². The Morgan fingerprint density at radius 3 is 3.22 bits per heavy atom. The first kappa shape index (κ1) is 13.6. The molecule has 0 spiro atoms. The third-order valence-electron chi connectivity index (χ3n) is 2.81. The Morgan fingerprint density at radius 1 is 1.50 bits per heavy atom. The summed E-state index contributed by atoms with van der Waals surface area (Å²) in [6.45, 7) is 2.63. The Hall–Kier alpha value is -0.860. The molecule has 1 aromatic rings. The highest BCUT2D eigenvalue weighted by molar-refractivity contribution is 7.10. The van der Waals surface area contributed by atoms with Crippen LogP contribution in [-0.4, -0.2) is 25.9 Å². The summed E-state index contributed by atoms with van der Waals surface area (Å²) in [5.74, 6) is 5.87. The number of thiophene rings is 1. The van der Waals surface area contributed by atoms with Crippen LogP contribution in [0.1, 0.15) is 29.7 Å². The third-order valence-corrected chi connectivity index (χ3v) is 3.72. The van der Waals surface area contributed by atoms with Crippen LogP contribution in [-0.2, 0) is 16.1 Å². The van der Waals surface area contributed by atoms with Gasteiger partial charge in [0.2, 0.25) is 0 Å². The van der Waals surface area contributed by atoms with E-state index in [1.807, 2.05) is 5.38 Å². The maximum atomic E-state index is 5.69. The summed E-state index contributed by atoms with van der Waals surface area (Å²) in [6, 6.07) is 2.06. The van der Waals surface area contributed by atoms with Crippen molar-refractivity contribution < 1.29 is 9.47 Å². The number of nitrogens with two attached hydrogens (primary N) is 1. The van der Waals surface area contributed by atoms with E-state index in [0.29, 0.717) is 19.8 Å². The first-order valence-corrected chi connectivity index (χ1v) is 7.22. The molecule has 1 atom stereocenters. The molecule has 0 saturated carbocycles. The minimum Gasteiger partial charge on any atom is -0.376 e. The molecule has 2 N–H and O–H groups in total. The standard InChI is InChI=1S/C14H19NO2S/c15-6-3-4-12-8-14(18-11-12)10-16-9-13-5-1-2-7-17-13/h8,11,13H,1-2,5-7,9-10,15H2. The molecule has 1 unspecified atom stereocenters. The van der Waals surface area contributed by atoms with Gasteiger partial charge in [0.25, 0.3) is 0 Å². The lowest BCUT2D eigenvalue weighted by Gasteiger charge is -2.22. The average Bonchev–Trinajstić information content (AvgIpc) is 2.85. The van der Waals surface area contributed by atoms with Crippen LogP contribution in [0.4, 0.5) is 0 Å². The molecule has 1 aliphatic rings. The van der Waals surface area contributed by atoms with Crippen molar-refractivity contribution in [1.82, 2.24) is 0 Å². The Balaban J connectivity index is 1.71. The summed E-state index contributed by atoms with van der Waals surface area (Å²) >= 11 is 1.68. The molecule has 2 heterocycles. The lowest BCUT2D eigenvalue weighted by Crippen LogP contribution is -2.24. The minimum atomic E-state index is 0.287. The zero-order chi connectivity index (χ0) is 12.6. The molecule has 1 aliphatic heterocycles. The quantitative estimate of drug-likeness (QED) is 0.848. The maximum Gasteiger partial charge on any atom is 0.0811 e. The lowest BCUT2D eigenvalue weighted by atomic mass is 10.1. The predicted octanol–water partition coefficient (Wildman–Crippen LogP) is 2.14. The van der Waals surface area contributed by atoms with Crippen molar-refractivity contribution in [3.8, 4) is 11.8 Å². The number of rotatable bonds is 4.